The van der Waals surface area contributed by atoms with Crippen molar-refractivity contribution >= 4 is 46.9 Å². The molecule has 14 nitrogen and oxygen atoms in total. The van der Waals surface area contributed by atoms with Gasteiger partial charge in [0, 0.05) is 57.4 Å². The Morgan fingerprint density at radius 1 is 0.941 bits per heavy atom. The number of thiazole rings is 1. The zero-order valence-corrected chi connectivity index (χ0v) is 40.2. The highest BCUT2D eigenvalue weighted by molar-refractivity contribution is 7.13. The maximum atomic E-state index is 14.0. The van der Waals surface area contributed by atoms with Gasteiger partial charge >= 0.3 is 0 Å². The average molecular weight is 956 g/mol. The highest BCUT2D eigenvalue weighted by Gasteiger charge is 2.44. The summed E-state index contributed by atoms with van der Waals surface area (Å²) in [4.78, 5) is 77.6. The molecule has 0 bridgehead atoms. The van der Waals surface area contributed by atoms with Crippen molar-refractivity contribution in [3.8, 4) is 16.2 Å². The Morgan fingerprint density at radius 3 is 2.35 bits per heavy atom. The summed E-state index contributed by atoms with van der Waals surface area (Å²) in [7, 11) is 1.50. The second-order valence-electron chi connectivity index (χ2n) is 18.8. The topological polar surface area (TPSA) is 192 Å². The van der Waals surface area contributed by atoms with Gasteiger partial charge in [-0.25, -0.2) is 18.7 Å². The summed E-state index contributed by atoms with van der Waals surface area (Å²) in [6.07, 6.45) is 6.03. The van der Waals surface area contributed by atoms with E-state index < -0.39 is 41.3 Å². The first-order chi connectivity index (χ1) is 32.4. The molecular formula is C51H63F2N7O7S. The Hall–Kier alpha value is -6.07. The van der Waals surface area contributed by atoms with Gasteiger partial charge in [-0.2, -0.15) is 0 Å². The number of aromatic nitrogens is 2. The van der Waals surface area contributed by atoms with Crippen LogP contribution >= 0.6 is 11.3 Å². The van der Waals surface area contributed by atoms with Crippen LogP contribution in [0.2, 0.25) is 0 Å². The van der Waals surface area contributed by atoms with Crippen LogP contribution < -0.4 is 26.0 Å². The molecule has 1 aliphatic heterocycles. The van der Waals surface area contributed by atoms with E-state index in [1.165, 1.54) is 18.2 Å². The molecule has 5 amide bonds. The van der Waals surface area contributed by atoms with E-state index in [1.807, 2.05) is 76.2 Å². The highest BCUT2D eigenvalue weighted by Crippen LogP contribution is 2.37. The minimum absolute atomic E-state index is 0.0162. The normalized spacial score (nSPS) is 17.7. The molecule has 0 radical (unpaired) electrons. The van der Waals surface area contributed by atoms with Crippen LogP contribution in [0.5, 0.6) is 5.75 Å². The molecule has 2 aromatic heterocycles. The number of benzene rings is 2. The van der Waals surface area contributed by atoms with Gasteiger partial charge in [-0.1, -0.05) is 81.5 Å². The lowest BCUT2D eigenvalue weighted by Gasteiger charge is -2.35. The lowest BCUT2D eigenvalue weighted by Crippen LogP contribution is -2.57. The van der Waals surface area contributed by atoms with Gasteiger partial charge in [-0.3, -0.25) is 24.0 Å². The van der Waals surface area contributed by atoms with E-state index in [2.05, 4.69) is 31.2 Å². The number of aryl methyl sites for hydroxylation is 1. The number of likely N-dealkylation sites (tertiary alicyclic amines) is 1. The van der Waals surface area contributed by atoms with E-state index in [4.69, 9.17) is 4.74 Å². The summed E-state index contributed by atoms with van der Waals surface area (Å²) >= 11 is 1.56. The first kappa shape index (κ1) is 51.3. The fourth-order valence-electron chi connectivity index (χ4n) is 8.40. The SMILES string of the molecule is COc1cnc(C(=O)NCc2cccc(CC(=O)NCCCCC(=O)N[C@H](C(=O)N3C[C@H](O)C[C@H]3C(=O)NCc3ccc(-c4scnc4C)cc3)C(C)(C)C)c2)cc1/C=C/C1CCC(F)(F)CC1. The summed E-state index contributed by atoms with van der Waals surface area (Å²) in [5, 5.41) is 22.1. The Morgan fingerprint density at radius 2 is 1.66 bits per heavy atom. The van der Waals surface area contributed by atoms with Crippen molar-refractivity contribution in [1.82, 2.24) is 36.1 Å². The molecule has 1 saturated heterocycles. The van der Waals surface area contributed by atoms with Crippen LogP contribution in [0.3, 0.4) is 0 Å². The molecule has 68 heavy (non-hydrogen) atoms. The highest BCUT2D eigenvalue weighted by atomic mass is 32.1. The standard InChI is InChI=1S/C51H63F2N7O7S/c1-32-45(68-31-58-32)37-15-13-34(14-16-37)27-57-48(65)41-26-39(61)30-60(41)49(66)46(50(2,3)4)59-43(62)11-6-7-22-54-44(63)24-35-9-8-10-36(23-35)28-56-47(64)40-25-38(42(67-5)29-55-40)17-12-33-18-20-51(52,53)21-19-33/h8-10,12-17,23,25,29,31,33,39,41,46,61H,6-7,11,18-22,24,26-28,30H2,1-5H3,(H,54,63)(H,56,64)(H,57,65)(H,59,62)/b17-12+/t39-,41+,46-/m1/s1. The quantitative estimate of drug-likeness (QED) is 0.0621. The number of β-amino-alcohol motifs (C(OH)–C–C–N with tert-alkyl or cyclic N) is 1. The van der Waals surface area contributed by atoms with Crippen LogP contribution in [0, 0.1) is 18.3 Å². The van der Waals surface area contributed by atoms with Gasteiger partial charge < -0.3 is 36.0 Å². The van der Waals surface area contributed by atoms with E-state index in [0.717, 1.165) is 32.8 Å². The van der Waals surface area contributed by atoms with E-state index in [0.29, 0.717) is 43.5 Å². The second kappa shape index (κ2) is 23.3. The van der Waals surface area contributed by atoms with Crippen LogP contribution in [0.15, 0.2) is 72.4 Å². The Balaban J connectivity index is 0.913. The first-order valence-corrected chi connectivity index (χ1v) is 24.0. The molecule has 0 spiro atoms. The van der Waals surface area contributed by atoms with Gasteiger partial charge in [0.2, 0.25) is 29.6 Å². The molecule has 4 aromatic rings. The number of aliphatic hydroxyl groups is 1. The zero-order chi connectivity index (χ0) is 49.0. The lowest BCUT2D eigenvalue weighted by molar-refractivity contribution is -0.144. The molecule has 5 N–H and O–H groups in total. The number of nitrogens with zero attached hydrogens (tertiary/aromatic N) is 3. The van der Waals surface area contributed by atoms with Gasteiger partial charge in [0.1, 0.15) is 23.5 Å². The molecule has 1 aliphatic carbocycles. The fourth-order valence-corrected chi connectivity index (χ4v) is 9.21. The summed E-state index contributed by atoms with van der Waals surface area (Å²) in [5.41, 5.74) is 6.31. The van der Waals surface area contributed by atoms with Crippen molar-refractivity contribution in [2.24, 2.45) is 11.3 Å². The lowest BCUT2D eigenvalue weighted by atomic mass is 9.85. The summed E-state index contributed by atoms with van der Waals surface area (Å²) in [6, 6.07) is 14.9. The molecule has 0 unspecified atom stereocenters. The fraction of sp³-hybridized carbons (Fsp3) is 0.471. The number of carbonyl (C=O) groups is 5. The van der Waals surface area contributed by atoms with E-state index >= 15 is 0 Å². The van der Waals surface area contributed by atoms with E-state index in [-0.39, 0.29) is 81.1 Å². The monoisotopic (exact) mass is 955 g/mol. The maximum absolute atomic E-state index is 14.0. The third-order valence-corrected chi connectivity index (χ3v) is 13.3. The van der Waals surface area contributed by atoms with Crippen LogP contribution in [0.1, 0.15) is 111 Å². The number of rotatable bonds is 19. The second-order valence-corrected chi connectivity index (χ2v) is 19.6. The van der Waals surface area contributed by atoms with Crippen molar-refractivity contribution in [2.45, 2.75) is 123 Å². The molecule has 2 aliphatic rings. The van der Waals surface area contributed by atoms with Crippen molar-refractivity contribution < 1.29 is 42.6 Å². The van der Waals surface area contributed by atoms with Crippen molar-refractivity contribution in [1.29, 1.82) is 0 Å². The van der Waals surface area contributed by atoms with E-state index in [1.54, 1.807) is 35.1 Å². The van der Waals surface area contributed by atoms with Crippen LogP contribution in [-0.2, 0) is 38.7 Å². The molecular weight excluding hydrogens is 893 g/mol. The Kier molecular flexibility index (Phi) is 17.6. The number of ether oxygens (including phenoxy) is 1. The summed E-state index contributed by atoms with van der Waals surface area (Å²) in [6.45, 7) is 8.21. The molecule has 1 saturated carbocycles. The number of carbonyl (C=O) groups excluding carboxylic acids is 5. The Labute approximate surface area is 400 Å². The van der Waals surface area contributed by atoms with Crippen LogP contribution in [0.4, 0.5) is 8.78 Å². The molecule has 3 heterocycles. The third kappa shape index (κ3) is 14.5. The number of pyridine rings is 1. The summed E-state index contributed by atoms with van der Waals surface area (Å²) in [5.74, 6) is -3.90. The van der Waals surface area contributed by atoms with Gasteiger partial charge in [0.15, 0.2) is 0 Å². The van der Waals surface area contributed by atoms with Gasteiger partial charge in [0.25, 0.3) is 5.91 Å². The average Bonchev–Trinajstić information content (AvgIpc) is 3.93. The van der Waals surface area contributed by atoms with Crippen molar-refractivity contribution in [3.63, 3.8) is 0 Å². The smallest absolute Gasteiger partial charge is 0.270 e. The number of unbranched alkanes of at least 4 members (excludes halogenated alkanes) is 1. The molecule has 17 heteroatoms. The minimum Gasteiger partial charge on any atom is -0.495 e. The number of halogens is 2. The maximum Gasteiger partial charge on any atom is 0.270 e. The van der Waals surface area contributed by atoms with Crippen LogP contribution in [0.25, 0.3) is 16.5 Å². The zero-order valence-electron chi connectivity index (χ0n) is 39.4. The van der Waals surface area contributed by atoms with Crippen molar-refractivity contribution in [2.75, 3.05) is 20.2 Å². The number of hydrogen-bond acceptors (Lipinski definition) is 10. The third-order valence-electron chi connectivity index (χ3n) is 12.3. The largest absolute Gasteiger partial charge is 0.495 e. The number of aliphatic hydroxyl groups excluding tert-OH is 1. The minimum atomic E-state index is -2.61. The molecule has 2 aromatic carbocycles. The number of hydrogen-bond donors (Lipinski definition) is 5. The number of amides is 5. The van der Waals surface area contributed by atoms with E-state index in [9.17, 15) is 37.9 Å². The molecule has 6 rings (SSSR count). The molecule has 2 fully saturated rings. The number of alkyl halides is 2. The predicted molar refractivity (Wildman–Crippen MR) is 257 cm³/mol. The molecule has 364 valence electrons. The summed E-state index contributed by atoms with van der Waals surface area (Å²) < 4.78 is 32.6. The van der Waals surface area contributed by atoms with Gasteiger partial charge in [-0.05, 0) is 72.3 Å². The van der Waals surface area contributed by atoms with Gasteiger partial charge in [0.05, 0.1) is 41.9 Å². The Bertz CT molecular complexity index is 2430. The van der Waals surface area contributed by atoms with Crippen LogP contribution in [-0.4, -0.2) is 93.8 Å². The number of nitrogens with one attached hydrogen (secondary N) is 4. The number of methoxy groups -OCH3 is 1. The van der Waals surface area contributed by atoms with Gasteiger partial charge in [-0.15, -0.1) is 11.3 Å². The van der Waals surface area contributed by atoms with Crippen molar-refractivity contribution in [3.05, 3.63) is 106 Å². The number of allylic oxidation sites excluding steroid dienone is 1. The predicted octanol–water partition coefficient (Wildman–Crippen LogP) is 6.93. The molecule has 3 atom stereocenters. The first-order valence-electron chi connectivity index (χ1n) is 23.2.